The van der Waals surface area contributed by atoms with Crippen molar-refractivity contribution < 1.29 is 9.53 Å². The number of nitrogens with one attached hydrogen (secondary N) is 2. The van der Waals surface area contributed by atoms with E-state index in [0.717, 1.165) is 24.2 Å². The lowest BCUT2D eigenvalue weighted by Gasteiger charge is -2.19. The molecule has 0 saturated heterocycles. The molecule has 0 spiro atoms. The van der Waals surface area contributed by atoms with E-state index in [-0.39, 0.29) is 0 Å². The summed E-state index contributed by atoms with van der Waals surface area (Å²) in [4.78, 5) is 16.0. The second-order valence-corrected chi connectivity index (χ2v) is 7.87. The molecule has 2 aromatic carbocycles. The monoisotopic (exact) mass is 389 g/mol. The van der Waals surface area contributed by atoms with Gasteiger partial charge in [0.25, 0.3) is 0 Å². The van der Waals surface area contributed by atoms with Crippen LogP contribution in [-0.4, -0.2) is 16.7 Å². The van der Waals surface area contributed by atoms with E-state index in [9.17, 15) is 4.79 Å². The number of hydrogen-bond donors (Lipinski definition) is 2. The van der Waals surface area contributed by atoms with Gasteiger partial charge in [-0.25, -0.2) is 4.79 Å². The Labute approximate surface area is 172 Å². The molecular weight excluding hydrogens is 362 g/mol. The summed E-state index contributed by atoms with van der Waals surface area (Å²) in [6, 6.07) is 20.2. The third kappa shape index (κ3) is 6.73. The minimum Gasteiger partial charge on any atom is -0.444 e. The summed E-state index contributed by atoms with van der Waals surface area (Å²) in [7, 11) is 0. The zero-order chi connectivity index (χ0) is 20.7. The van der Waals surface area contributed by atoms with Crippen LogP contribution in [-0.2, 0) is 17.8 Å². The molecule has 0 aliphatic rings. The Morgan fingerprint density at radius 2 is 1.52 bits per heavy atom. The van der Waals surface area contributed by atoms with Crippen molar-refractivity contribution in [3.05, 3.63) is 84.2 Å². The molecule has 0 bridgehead atoms. The summed E-state index contributed by atoms with van der Waals surface area (Å²) >= 11 is 0. The highest BCUT2D eigenvalue weighted by atomic mass is 16.6. The van der Waals surface area contributed by atoms with E-state index in [1.165, 1.54) is 11.1 Å². The molecule has 0 unspecified atom stereocenters. The SMILES string of the molecule is CC(C)(C)OC(=O)Nc1ccc(-c2ccc(CNCc3cccnc3)cc2)cc1. The van der Waals surface area contributed by atoms with Gasteiger partial charge in [-0.15, -0.1) is 0 Å². The second kappa shape index (κ2) is 9.34. The third-order valence-electron chi connectivity index (χ3n) is 4.20. The predicted molar refractivity (Wildman–Crippen MR) is 117 cm³/mol. The Hall–Kier alpha value is -3.18. The van der Waals surface area contributed by atoms with Gasteiger partial charge in [-0.05, 0) is 61.2 Å². The van der Waals surface area contributed by atoms with Crippen LogP contribution >= 0.6 is 0 Å². The lowest BCUT2D eigenvalue weighted by Crippen LogP contribution is -2.27. The average Bonchev–Trinajstić information content (AvgIpc) is 2.68. The molecule has 3 rings (SSSR count). The molecular formula is C24H27N3O2. The zero-order valence-corrected chi connectivity index (χ0v) is 17.1. The predicted octanol–water partition coefficient (Wildman–Crippen LogP) is 5.39. The van der Waals surface area contributed by atoms with E-state index in [1.807, 2.05) is 57.3 Å². The number of anilines is 1. The summed E-state index contributed by atoms with van der Waals surface area (Å²) in [5, 5.41) is 6.18. The van der Waals surface area contributed by atoms with Crippen LogP contribution in [0.3, 0.4) is 0 Å². The Morgan fingerprint density at radius 3 is 2.10 bits per heavy atom. The first-order valence-electron chi connectivity index (χ1n) is 9.68. The highest BCUT2D eigenvalue weighted by molar-refractivity contribution is 5.85. The fourth-order valence-corrected chi connectivity index (χ4v) is 2.84. The van der Waals surface area contributed by atoms with Crippen LogP contribution in [0.25, 0.3) is 11.1 Å². The smallest absolute Gasteiger partial charge is 0.412 e. The van der Waals surface area contributed by atoms with Crippen LogP contribution in [0.2, 0.25) is 0 Å². The van der Waals surface area contributed by atoms with Crippen molar-refractivity contribution in [1.29, 1.82) is 0 Å². The summed E-state index contributed by atoms with van der Waals surface area (Å²) in [6.45, 7) is 7.12. The second-order valence-electron chi connectivity index (χ2n) is 7.87. The number of rotatable bonds is 6. The molecule has 3 aromatic rings. The van der Waals surface area contributed by atoms with Gasteiger partial charge >= 0.3 is 6.09 Å². The van der Waals surface area contributed by atoms with Crippen molar-refractivity contribution in [3.8, 4) is 11.1 Å². The minimum absolute atomic E-state index is 0.451. The maximum atomic E-state index is 11.9. The van der Waals surface area contributed by atoms with Crippen LogP contribution < -0.4 is 10.6 Å². The molecule has 0 radical (unpaired) electrons. The van der Waals surface area contributed by atoms with Gasteiger partial charge in [0.2, 0.25) is 0 Å². The standard InChI is InChI=1S/C24H27N3O2/c1-24(2,3)29-23(28)27-22-12-10-21(11-13-22)20-8-6-18(7-9-20)15-26-17-19-5-4-14-25-16-19/h4-14,16,26H,15,17H2,1-3H3,(H,27,28). The lowest BCUT2D eigenvalue weighted by atomic mass is 10.0. The molecule has 150 valence electrons. The number of carbonyl (C=O) groups excluding carboxylic acids is 1. The van der Waals surface area contributed by atoms with Gasteiger partial charge in [-0.1, -0.05) is 42.5 Å². The van der Waals surface area contributed by atoms with E-state index >= 15 is 0 Å². The summed E-state index contributed by atoms with van der Waals surface area (Å²) in [6.07, 6.45) is 3.20. The topological polar surface area (TPSA) is 63.2 Å². The summed E-state index contributed by atoms with van der Waals surface area (Å²) < 4.78 is 5.27. The number of carbonyl (C=O) groups is 1. The molecule has 0 aliphatic carbocycles. The Morgan fingerprint density at radius 1 is 0.897 bits per heavy atom. The molecule has 29 heavy (non-hydrogen) atoms. The van der Waals surface area contributed by atoms with Crippen molar-refractivity contribution in [3.63, 3.8) is 0 Å². The molecule has 0 saturated carbocycles. The number of amides is 1. The highest BCUT2D eigenvalue weighted by Crippen LogP contribution is 2.22. The largest absolute Gasteiger partial charge is 0.444 e. The first kappa shape index (κ1) is 20.6. The van der Waals surface area contributed by atoms with E-state index in [0.29, 0.717) is 5.69 Å². The number of aromatic nitrogens is 1. The van der Waals surface area contributed by atoms with E-state index in [2.05, 4.69) is 45.9 Å². The third-order valence-corrected chi connectivity index (χ3v) is 4.20. The number of pyridine rings is 1. The maximum Gasteiger partial charge on any atom is 0.412 e. The molecule has 2 N–H and O–H groups in total. The lowest BCUT2D eigenvalue weighted by molar-refractivity contribution is 0.0636. The van der Waals surface area contributed by atoms with Crippen molar-refractivity contribution in [2.75, 3.05) is 5.32 Å². The molecule has 1 heterocycles. The maximum absolute atomic E-state index is 11.9. The van der Waals surface area contributed by atoms with Crippen LogP contribution in [0.15, 0.2) is 73.1 Å². The van der Waals surface area contributed by atoms with E-state index < -0.39 is 11.7 Å². The van der Waals surface area contributed by atoms with Crippen molar-refractivity contribution in [2.45, 2.75) is 39.5 Å². The summed E-state index contributed by atoms with van der Waals surface area (Å²) in [5.74, 6) is 0. The molecule has 5 nitrogen and oxygen atoms in total. The van der Waals surface area contributed by atoms with Crippen LogP contribution in [0, 0.1) is 0 Å². The highest BCUT2D eigenvalue weighted by Gasteiger charge is 2.16. The van der Waals surface area contributed by atoms with Gasteiger partial charge in [0.15, 0.2) is 0 Å². The van der Waals surface area contributed by atoms with Crippen LogP contribution in [0.4, 0.5) is 10.5 Å². The van der Waals surface area contributed by atoms with Gasteiger partial charge in [-0.2, -0.15) is 0 Å². The molecule has 0 aliphatic heterocycles. The van der Waals surface area contributed by atoms with Crippen molar-refractivity contribution in [2.24, 2.45) is 0 Å². The molecule has 0 fully saturated rings. The normalized spacial score (nSPS) is 11.1. The number of hydrogen-bond acceptors (Lipinski definition) is 4. The van der Waals surface area contributed by atoms with Crippen molar-refractivity contribution in [1.82, 2.24) is 10.3 Å². The van der Waals surface area contributed by atoms with Crippen molar-refractivity contribution >= 4 is 11.8 Å². The average molecular weight is 389 g/mol. The molecule has 5 heteroatoms. The number of ether oxygens (including phenoxy) is 1. The number of nitrogens with zero attached hydrogens (tertiary/aromatic N) is 1. The molecule has 1 amide bonds. The van der Waals surface area contributed by atoms with Gasteiger partial charge in [0.05, 0.1) is 0 Å². The first-order chi connectivity index (χ1) is 13.9. The fourth-order valence-electron chi connectivity index (χ4n) is 2.84. The Kier molecular flexibility index (Phi) is 6.62. The minimum atomic E-state index is -0.515. The van der Waals surface area contributed by atoms with Gasteiger partial charge in [-0.3, -0.25) is 10.3 Å². The zero-order valence-electron chi connectivity index (χ0n) is 17.1. The van der Waals surface area contributed by atoms with Crippen LogP contribution in [0.5, 0.6) is 0 Å². The molecule has 1 aromatic heterocycles. The molecule has 0 atom stereocenters. The quantitative estimate of drug-likeness (QED) is 0.594. The van der Waals surface area contributed by atoms with Gasteiger partial charge in [0.1, 0.15) is 5.60 Å². The van der Waals surface area contributed by atoms with E-state index in [4.69, 9.17) is 4.74 Å². The van der Waals surface area contributed by atoms with E-state index in [1.54, 1.807) is 6.20 Å². The van der Waals surface area contributed by atoms with Gasteiger partial charge < -0.3 is 10.1 Å². The Bertz CT molecular complexity index is 915. The van der Waals surface area contributed by atoms with Crippen LogP contribution in [0.1, 0.15) is 31.9 Å². The first-order valence-corrected chi connectivity index (χ1v) is 9.68. The summed E-state index contributed by atoms with van der Waals surface area (Å²) in [5.41, 5.74) is 4.81. The fraction of sp³-hybridized carbons (Fsp3) is 0.250. The number of benzene rings is 2. The Balaban J connectivity index is 1.53. The van der Waals surface area contributed by atoms with Gasteiger partial charge in [0, 0.05) is 31.2 Å².